The van der Waals surface area contributed by atoms with E-state index < -0.39 is 23.7 Å². The van der Waals surface area contributed by atoms with E-state index in [1.165, 1.54) is 6.07 Å². The smallest absolute Gasteiger partial charge is 0.349 e. The van der Waals surface area contributed by atoms with Crippen LogP contribution in [0.25, 0.3) is 0 Å². The Labute approximate surface area is 160 Å². The van der Waals surface area contributed by atoms with Gasteiger partial charge in [0.05, 0.1) is 23.6 Å². The van der Waals surface area contributed by atoms with Crippen molar-refractivity contribution in [1.29, 1.82) is 0 Å². The molecule has 3 atom stereocenters. The first kappa shape index (κ1) is 19.7. The number of amides is 1. The van der Waals surface area contributed by atoms with Gasteiger partial charge >= 0.3 is 6.18 Å². The van der Waals surface area contributed by atoms with Gasteiger partial charge in [0.1, 0.15) is 0 Å². The van der Waals surface area contributed by atoms with Crippen LogP contribution < -0.4 is 16.2 Å². The highest BCUT2D eigenvalue weighted by Gasteiger charge is 2.35. The summed E-state index contributed by atoms with van der Waals surface area (Å²) >= 11 is 5.90. The number of benzene rings is 2. The van der Waals surface area contributed by atoms with Crippen LogP contribution in [-0.2, 0) is 11.0 Å². The van der Waals surface area contributed by atoms with Crippen LogP contribution in [0.2, 0.25) is 5.02 Å². The van der Waals surface area contributed by atoms with Crippen LogP contribution in [0.1, 0.15) is 35.7 Å². The molecule has 3 unspecified atom stereocenters. The largest absolute Gasteiger partial charge is 0.416 e. The summed E-state index contributed by atoms with van der Waals surface area (Å²) in [5.74, 6) is -0.642. The maximum Gasteiger partial charge on any atom is 0.416 e. The highest BCUT2D eigenvalue weighted by atomic mass is 35.5. The summed E-state index contributed by atoms with van der Waals surface area (Å²) in [7, 11) is 0. The number of hydrogen-bond acceptors (Lipinski definition) is 3. The van der Waals surface area contributed by atoms with E-state index in [2.05, 4.69) is 16.2 Å². The van der Waals surface area contributed by atoms with Gasteiger partial charge in [0.25, 0.3) is 0 Å². The van der Waals surface area contributed by atoms with E-state index >= 15 is 0 Å². The Morgan fingerprint density at radius 3 is 2.59 bits per heavy atom. The van der Waals surface area contributed by atoms with Gasteiger partial charge in [0.2, 0.25) is 5.91 Å². The van der Waals surface area contributed by atoms with Crippen LogP contribution in [0.3, 0.4) is 0 Å². The average molecular weight is 398 g/mol. The van der Waals surface area contributed by atoms with E-state index in [0.717, 1.165) is 17.7 Å². The summed E-state index contributed by atoms with van der Waals surface area (Å²) < 4.78 is 38.7. The van der Waals surface area contributed by atoms with Crippen molar-refractivity contribution < 1.29 is 18.0 Å². The predicted molar refractivity (Wildman–Crippen MR) is 96.8 cm³/mol. The average Bonchev–Trinajstić information content (AvgIpc) is 3.11. The minimum absolute atomic E-state index is 0.239. The van der Waals surface area contributed by atoms with E-state index in [4.69, 9.17) is 11.6 Å². The fourth-order valence-corrected chi connectivity index (χ4v) is 3.24. The molecule has 0 spiro atoms. The third-order valence-electron chi connectivity index (χ3n) is 4.62. The zero-order valence-electron chi connectivity index (χ0n) is 14.5. The fourth-order valence-electron chi connectivity index (χ4n) is 3.12. The summed E-state index contributed by atoms with van der Waals surface area (Å²) in [6.07, 6.45) is -4.42. The normalized spacial score (nSPS) is 21.1. The maximum absolute atomic E-state index is 12.9. The van der Waals surface area contributed by atoms with Gasteiger partial charge in [0.15, 0.2) is 0 Å². The van der Waals surface area contributed by atoms with Gasteiger partial charge in [0, 0.05) is 11.6 Å². The molecule has 2 aromatic carbocycles. The molecule has 27 heavy (non-hydrogen) atoms. The second kappa shape index (κ2) is 7.88. The molecule has 0 saturated carbocycles. The van der Waals surface area contributed by atoms with Crippen LogP contribution >= 0.6 is 11.6 Å². The minimum Gasteiger partial charge on any atom is -0.349 e. The minimum atomic E-state index is -4.42. The molecule has 2 aromatic rings. The third kappa shape index (κ3) is 4.61. The molecule has 0 aliphatic carbocycles. The van der Waals surface area contributed by atoms with Crippen molar-refractivity contribution in [2.24, 2.45) is 5.92 Å². The first-order valence-corrected chi connectivity index (χ1v) is 8.85. The standard InChI is InChI=1S/C19H19ClF3N3O/c1-11(13-3-2-4-14(9-13)19(21,22)23)25-18(27)16-10-24-26-17(16)12-5-7-15(20)8-6-12/h2-9,11,16-17,24,26H,10H2,1H3,(H,25,27). The van der Waals surface area contributed by atoms with Gasteiger partial charge in [-0.1, -0.05) is 35.9 Å². The molecule has 3 N–H and O–H groups in total. The van der Waals surface area contributed by atoms with Gasteiger partial charge < -0.3 is 5.32 Å². The van der Waals surface area contributed by atoms with Crippen LogP contribution in [0.4, 0.5) is 13.2 Å². The van der Waals surface area contributed by atoms with Crippen molar-refractivity contribution in [3.8, 4) is 0 Å². The van der Waals surface area contributed by atoms with Gasteiger partial charge in [-0.2, -0.15) is 13.2 Å². The van der Waals surface area contributed by atoms with E-state index in [1.54, 1.807) is 25.1 Å². The van der Waals surface area contributed by atoms with Crippen LogP contribution in [0.15, 0.2) is 48.5 Å². The van der Waals surface area contributed by atoms with Crippen molar-refractivity contribution in [2.75, 3.05) is 6.54 Å². The number of hydrogen-bond donors (Lipinski definition) is 3. The van der Waals surface area contributed by atoms with E-state index in [0.29, 0.717) is 17.1 Å². The maximum atomic E-state index is 12.9. The van der Waals surface area contributed by atoms with Crippen molar-refractivity contribution in [3.63, 3.8) is 0 Å². The molecule has 8 heteroatoms. The van der Waals surface area contributed by atoms with Gasteiger partial charge in [-0.25, -0.2) is 5.43 Å². The molecule has 3 rings (SSSR count). The number of hydrazine groups is 1. The van der Waals surface area contributed by atoms with Crippen LogP contribution in [0, 0.1) is 5.92 Å². The van der Waals surface area contributed by atoms with Crippen molar-refractivity contribution >= 4 is 17.5 Å². The molecule has 1 fully saturated rings. The molecule has 1 saturated heterocycles. The molecule has 144 valence electrons. The topological polar surface area (TPSA) is 53.2 Å². The second-order valence-electron chi connectivity index (χ2n) is 6.51. The number of alkyl halides is 3. The Hall–Kier alpha value is -2.09. The lowest BCUT2D eigenvalue weighted by molar-refractivity contribution is -0.137. The lowest BCUT2D eigenvalue weighted by atomic mass is 9.93. The number of halogens is 4. The van der Waals surface area contributed by atoms with E-state index in [9.17, 15) is 18.0 Å². The summed E-state index contributed by atoms with van der Waals surface area (Å²) in [5.41, 5.74) is 6.60. The molecule has 0 bridgehead atoms. The Kier molecular flexibility index (Phi) is 5.74. The van der Waals surface area contributed by atoms with Gasteiger partial charge in [-0.15, -0.1) is 0 Å². The van der Waals surface area contributed by atoms with Crippen molar-refractivity contribution in [2.45, 2.75) is 25.2 Å². The lowest BCUT2D eigenvalue weighted by Crippen LogP contribution is -2.36. The fraction of sp³-hybridized carbons (Fsp3) is 0.316. The Morgan fingerprint density at radius 2 is 1.93 bits per heavy atom. The molecule has 1 aliphatic rings. The zero-order valence-corrected chi connectivity index (χ0v) is 15.2. The summed E-state index contributed by atoms with van der Waals surface area (Å²) in [6, 6.07) is 11.4. The number of rotatable bonds is 4. The molecule has 0 aromatic heterocycles. The third-order valence-corrected chi connectivity index (χ3v) is 4.87. The van der Waals surface area contributed by atoms with Crippen LogP contribution in [-0.4, -0.2) is 12.5 Å². The highest BCUT2D eigenvalue weighted by Crippen LogP contribution is 2.31. The molecular weight excluding hydrogens is 379 g/mol. The van der Waals surface area contributed by atoms with Crippen molar-refractivity contribution in [1.82, 2.24) is 16.2 Å². The summed E-state index contributed by atoms with van der Waals surface area (Å²) in [5, 5.41) is 3.42. The number of carbonyl (C=O) groups is 1. The molecule has 0 radical (unpaired) electrons. The number of carbonyl (C=O) groups excluding carboxylic acids is 1. The van der Waals surface area contributed by atoms with Gasteiger partial charge in [-0.05, 0) is 42.3 Å². The summed E-state index contributed by atoms with van der Waals surface area (Å²) in [4.78, 5) is 12.7. The van der Waals surface area contributed by atoms with Gasteiger partial charge in [-0.3, -0.25) is 10.2 Å². The van der Waals surface area contributed by atoms with E-state index in [1.807, 2.05) is 12.1 Å². The predicted octanol–water partition coefficient (Wildman–Crippen LogP) is 4.00. The Balaban J connectivity index is 1.71. The quantitative estimate of drug-likeness (QED) is 0.731. The molecular formula is C19H19ClF3N3O. The SMILES string of the molecule is CC(NC(=O)C1CNNC1c1ccc(Cl)cc1)c1cccc(C(F)(F)F)c1. The monoisotopic (exact) mass is 397 g/mol. The molecule has 1 heterocycles. The lowest BCUT2D eigenvalue weighted by Gasteiger charge is -2.22. The summed E-state index contributed by atoms with van der Waals surface area (Å²) in [6.45, 7) is 2.08. The number of nitrogens with one attached hydrogen (secondary N) is 3. The molecule has 1 amide bonds. The molecule has 1 aliphatic heterocycles. The zero-order chi connectivity index (χ0) is 19.6. The Morgan fingerprint density at radius 1 is 1.22 bits per heavy atom. The van der Waals surface area contributed by atoms with Crippen LogP contribution in [0.5, 0.6) is 0 Å². The highest BCUT2D eigenvalue weighted by molar-refractivity contribution is 6.30. The molecule has 4 nitrogen and oxygen atoms in total. The first-order chi connectivity index (χ1) is 12.8. The Bertz CT molecular complexity index is 811. The first-order valence-electron chi connectivity index (χ1n) is 8.47. The van der Waals surface area contributed by atoms with E-state index in [-0.39, 0.29) is 11.9 Å². The van der Waals surface area contributed by atoms with Crippen molar-refractivity contribution in [3.05, 3.63) is 70.2 Å². The second-order valence-corrected chi connectivity index (χ2v) is 6.95.